The molecule has 176 valence electrons. The minimum Gasteiger partial charge on any atom is -0.480 e. The molecule has 1 aliphatic carbocycles. The normalized spacial score (nSPS) is 15.6. The van der Waals surface area contributed by atoms with Crippen LogP contribution >= 0.6 is 0 Å². The molecule has 0 aromatic carbocycles. The highest BCUT2D eigenvalue weighted by atomic mass is 16.4. The molecule has 0 bridgehead atoms. The first-order valence-electron chi connectivity index (χ1n) is 10.9. The number of pyridine rings is 1. The molecular formula is C22H34N6O4. The van der Waals surface area contributed by atoms with Crippen molar-refractivity contribution in [2.45, 2.75) is 70.5 Å². The Morgan fingerprint density at radius 1 is 1.25 bits per heavy atom. The SMILES string of the molecule is CC(C)(NC(=O)[C@@H](CC1CCCCC1)NCC(=O)O)C(=O)NCc1ccc(C(=N)N)nc1. The number of nitrogens with two attached hydrogens (primary N) is 1. The van der Waals surface area contributed by atoms with Crippen LogP contribution in [0.15, 0.2) is 18.3 Å². The van der Waals surface area contributed by atoms with Crippen LogP contribution in [-0.2, 0) is 20.9 Å². The van der Waals surface area contributed by atoms with Crippen LogP contribution in [0.1, 0.15) is 63.6 Å². The summed E-state index contributed by atoms with van der Waals surface area (Å²) in [5.74, 6) is -1.57. The van der Waals surface area contributed by atoms with E-state index in [0.717, 1.165) is 31.2 Å². The highest BCUT2D eigenvalue weighted by Crippen LogP contribution is 2.27. The highest BCUT2D eigenvalue weighted by molar-refractivity contribution is 5.93. The molecule has 1 fully saturated rings. The Bertz CT molecular complexity index is 818. The van der Waals surface area contributed by atoms with Crippen molar-refractivity contribution in [2.24, 2.45) is 11.7 Å². The van der Waals surface area contributed by atoms with Crippen LogP contribution < -0.4 is 21.7 Å². The van der Waals surface area contributed by atoms with Gasteiger partial charge in [0.15, 0.2) is 0 Å². The van der Waals surface area contributed by atoms with Crippen molar-refractivity contribution >= 4 is 23.6 Å². The number of aliphatic carboxylic acids is 1. The Hall–Kier alpha value is -3.01. The number of carboxylic acid groups (broad SMARTS) is 1. The van der Waals surface area contributed by atoms with E-state index in [1.165, 1.54) is 12.6 Å². The number of nitrogens with one attached hydrogen (secondary N) is 4. The molecule has 1 saturated carbocycles. The van der Waals surface area contributed by atoms with Gasteiger partial charge in [-0.05, 0) is 37.8 Å². The van der Waals surface area contributed by atoms with Gasteiger partial charge in [0.1, 0.15) is 17.1 Å². The number of carboxylic acids is 1. The van der Waals surface area contributed by atoms with Crippen molar-refractivity contribution in [1.82, 2.24) is 20.9 Å². The van der Waals surface area contributed by atoms with Gasteiger partial charge in [-0.3, -0.25) is 30.1 Å². The van der Waals surface area contributed by atoms with Gasteiger partial charge < -0.3 is 21.5 Å². The maximum Gasteiger partial charge on any atom is 0.317 e. The second kappa shape index (κ2) is 11.6. The lowest BCUT2D eigenvalue weighted by atomic mass is 9.84. The number of hydrogen-bond acceptors (Lipinski definition) is 6. The van der Waals surface area contributed by atoms with Gasteiger partial charge in [0, 0.05) is 12.7 Å². The minimum absolute atomic E-state index is 0.135. The predicted octanol–water partition coefficient (Wildman–Crippen LogP) is 0.890. The topological polar surface area (TPSA) is 170 Å². The Morgan fingerprint density at radius 2 is 1.94 bits per heavy atom. The fourth-order valence-corrected chi connectivity index (χ4v) is 3.79. The Labute approximate surface area is 188 Å². The van der Waals surface area contributed by atoms with Crippen molar-refractivity contribution in [1.29, 1.82) is 5.41 Å². The van der Waals surface area contributed by atoms with Crippen LogP contribution in [0.2, 0.25) is 0 Å². The number of hydrogen-bond donors (Lipinski definition) is 6. The van der Waals surface area contributed by atoms with E-state index in [-0.39, 0.29) is 30.7 Å². The second-order valence-electron chi connectivity index (χ2n) is 8.83. The fourth-order valence-electron chi connectivity index (χ4n) is 3.79. The van der Waals surface area contributed by atoms with Gasteiger partial charge >= 0.3 is 5.97 Å². The summed E-state index contributed by atoms with van der Waals surface area (Å²) in [4.78, 5) is 40.7. The quantitative estimate of drug-likeness (QED) is 0.216. The van der Waals surface area contributed by atoms with Gasteiger partial charge in [-0.15, -0.1) is 0 Å². The van der Waals surface area contributed by atoms with Crippen molar-refractivity contribution in [3.63, 3.8) is 0 Å². The van der Waals surface area contributed by atoms with Gasteiger partial charge in [-0.1, -0.05) is 38.2 Å². The first-order valence-corrected chi connectivity index (χ1v) is 10.9. The van der Waals surface area contributed by atoms with E-state index in [1.807, 2.05) is 0 Å². The van der Waals surface area contributed by atoms with Crippen LogP contribution in [-0.4, -0.2) is 51.8 Å². The van der Waals surface area contributed by atoms with Crippen LogP contribution in [0.25, 0.3) is 0 Å². The number of amidine groups is 1. The number of carbonyl (C=O) groups is 3. The van der Waals surface area contributed by atoms with Crippen LogP contribution in [0.5, 0.6) is 0 Å². The van der Waals surface area contributed by atoms with Crippen molar-refractivity contribution in [3.8, 4) is 0 Å². The monoisotopic (exact) mass is 446 g/mol. The Kier molecular flexibility index (Phi) is 9.13. The largest absolute Gasteiger partial charge is 0.480 e. The number of aromatic nitrogens is 1. The molecule has 0 radical (unpaired) electrons. The van der Waals surface area contributed by atoms with E-state index in [2.05, 4.69) is 20.9 Å². The summed E-state index contributed by atoms with van der Waals surface area (Å²) in [7, 11) is 0. The predicted molar refractivity (Wildman–Crippen MR) is 120 cm³/mol. The molecule has 0 spiro atoms. The number of rotatable bonds is 11. The van der Waals surface area contributed by atoms with E-state index in [0.29, 0.717) is 18.0 Å². The lowest BCUT2D eigenvalue weighted by molar-refractivity contribution is -0.137. The standard InChI is InChI=1S/C22H34N6O4/c1-22(2,21(32)27-12-15-8-9-16(19(23)24)25-11-15)28-20(31)17(26-13-18(29)30)10-14-6-4-3-5-7-14/h8-9,11,14,17,26H,3-7,10,12-13H2,1-2H3,(H3,23,24)(H,27,32)(H,28,31)(H,29,30)/t17-/m1/s1. The molecule has 1 atom stereocenters. The molecule has 0 aliphatic heterocycles. The zero-order valence-corrected chi connectivity index (χ0v) is 18.7. The van der Waals surface area contributed by atoms with Gasteiger partial charge in [0.25, 0.3) is 0 Å². The highest BCUT2D eigenvalue weighted by Gasteiger charge is 2.33. The van der Waals surface area contributed by atoms with E-state index >= 15 is 0 Å². The number of nitrogens with zero attached hydrogens (tertiary/aromatic N) is 1. The van der Waals surface area contributed by atoms with E-state index in [4.69, 9.17) is 16.2 Å². The maximum atomic E-state index is 12.9. The second-order valence-corrected chi connectivity index (χ2v) is 8.83. The zero-order valence-electron chi connectivity index (χ0n) is 18.7. The summed E-state index contributed by atoms with van der Waals surface area (Å²) >= 11 is 0. The summed E-state index contributed by atoms with van der Waals surface area (Å²) in [6.45, 7) is 3.09. The third-order valence-electron chi connectivity index (χ3n) is 5.67. The third kappa shape index (κ3) is 7.92. The molecule has 1 aromatic heterocycles. The average Bonchev–Trinajstić information content (AvgIpc) is 2.75. The molecule has 7 N–H and O–H groups in total. The maximum absolute atomic E-state index is 12.9. The Morgan fingerprint density at radius 3 is 2.50 bits per heavy atom. The molecule has 2 rings (SSSR count). The van der Waals surface area contributed by atoms with Gasteiger partial charge in [-0.25, -0.2) is 0 Å². The number of nitrogen functional groups attached to an aromatic ring is 1. The smallest absolute Gasteiger partial charge is 0.317 e. The molecule has 10 heteroatoms. The summed E-state index contributed by atoms with van der Waals surface area (Å²) in [5.41, 5.74) is 5.27. The third-order valence-corrected chi connectivity index (χ3v) is 5.67. The summed E-state index contributed by atoms with van der Waals surface area (Å²) in [6, 6.07) is 2.64. The van der Waals surface area contributed by atoms with Crippen LogP contribution in [0, 0.1) is 11.3 Å². The average molecular weight is 447 g/mol. The van der Waals surface area contributed by atoms with Gasteiger partial charge in [-0.2, -0.15) is 0 Å². The van der Waals surface area contributed by atoms with E-state index < -0.39 is 17.6 Å². The first kappa shape index (κ1) is 25.3. The fraction of sp³-hybridized carbons (Fsp3) is 0.591. The van der Waals surface area contributed by atoms with Crippen LogP contribution in [0.4, 0.5) is 0 Å². The number of carbonyl (C=O) groups excluding carboxylic acids is 2. The molecule has 1 aromatic rings. The summed E-state index contributed by atoms with van der Waals surface area (Å²) < 4.78 is 0. The zero-order chi connectivity index (χ0) is 23.7. The molecule has 32 heavy (non-hydrogen) atoms. The first-order chi connectivity index (χ1) is 15.1. The molecule has 0 unspecified atom stereocenters. The molecule has 2 amide bonds. The molecule has 1 aliphatic rings. The van der Waals surface area contributed by atoms with E-state index in [1.54, 1.807) is 26.0 Å². The van der Waals surface area contributed by atoms with Crippen molar-refractivity contribution < 1.29 is 19.5 Å². The summed E-state index contributed by atoms with van der Waals surface area (Å²) in [5, 5.41) is 24.7. The molecular weight excluding hydrogens is 412 g/mol. The Balaban J connectivity index is 1.95. The van der Waals surface area contributed by atoms with E-state index in [9.17, 15) is 14.4 Å². The lowest BCUT2D eigenvalue weighted by Crippen LogP contribution is -2.59. The van der Waals surface area contributed by atoms with Gasteiger partial charge in [0.2, 0.25) is 11.8 Å². The minimum atomic E-state index is -1.19. The number of amides is 2. The molecule has 1 heterocycles. The van der Waals surface area contributed by atoms with Crippen LogP contribution in [0.3, 0.4) is 0 Å². The lowest BCUT2D eigenvalue weighted by Gasteiger charge is -2.30. The summed E-state index contributed by atoms with van der Waals surface area (Å²) in [6.07, 6.45) is 7.56. The van der Waals surface area contributed by atoms with Crippen molar-refractivity contribution in [2.75, 3.05) is 6.54 Å². The van der Waals surface area contributed by atoms with Gasteiger partial charge in [0.05, 0.1) is 12.6 Å². The van der Waals surface area contributed by atoms with Crippen molar-refractivity contribution in [3.05, 3.63) is 29.6 Å². The molecule has 0 saturated heterocycles. The molecule has 10 nitrogen and oxygen atoms in total.